The number of aromatic nitrogens is 2. The summed E-state index contributed by atoms with van der Waals surface area (Å²) in [6, 6.07) is 1.32. The van der Waals surface area contributed by atoms with Gasteiger partial charge in [0.1, 0.15) is 18.0 Å². The van der Waals surface area contributed by atoms with Crippen LogP contribution in [0.4, 0.5) is 10.2 Å². The molecule has 0 unspecified atom stereocenters. The molecule has 1 saturated heterocycles. The standard InChI is InChI=1S/C10H14FN3O4/c1-10(11)7(16)5(4-15)18-8(10)14-3-2-6(12)13-9(14)17/h2-3,5,7-8,15-16H,4H2,1H3,(H2,12,13,17)/t5-,7+,8+,10-/m0/s1. The van der Waals surface area contributed by atoms with Gasteiger partial charge in [0.15, 0.2) is 11.9 Å². The van der Waals surface area contributed by atoms with Crippen LogP contribution in [-0.2, 0) is 4.74 Å². The Morgan fingerprint density at radius 3 is 2.89 bits per heavy atom. The van der Waals surface area contributed by atoms with Gasteiger partial charge in [0.05, 0.1) is 6.61 Å². The number of hydrogen-bond acceptors (Lipinski definition) is 6. The molecular formula is C10H14FN3O4. The molecule has 1 aliphatic heterocycles. The summed E-state index contributed by atoms with van der Waals surface area (Å²) < 4.78 is 20.4. The zero-order valence-electron chi connectivity index (χ0n) is 9.65. The van der Waals surface area contributed by atoms with E-state index < -0.39 is 36.4 Å². The second-order valence-corrected chi connectivity index (χ2v) is 4.35. The molecule has 0 aromatic carbocycles. The first kappa shape index (κ1) is 12.9. The minimum absolute atomic E-state index is 0.00839. The fourth-order valence-corrected chi connectivity index (χ4v) is 1.97. The number of ether oxygens (including phenoxy) is 1. The first-order chi connectivity index (χ1) is 8.37. The van der Waals surface area contributed by atoms with Crippen LogP contribution in [0.2, 0.25) is 0 Å². The van der Waals surface area contributed by atoms with Gasteiger partial charge >= 0.3 is 5.69 Å². The summed E-state index contributed by atoms with van der Waals surface area (Å²) in [6.07, 6.45) is -2.74. The van der Waals surface area contributed by atoms with Crippen molar-refractivity contribution in [3.63, 3.8) is 0 Å². The molecule has 8 heteroatoms. The van der Waals surface area contributed by atoms with E-state index in [4.69, 9.17) is 15.6 Å². The molecule has 0 bridgehead atoms. The number of alkyl halides is 1. The highest BCUT2D eigenvalue weighted by Gasteiger charge is 2.55. The van der Waals surface area contributed by atoms with Gasteiger partial charge in [0.2, 0.25) is 0 Å². The van der Waals surface area contributed by atoms with Gasteiger partial charge in [-0.1, -0.05) is 0 Å². The monoisotopic (exact) mass is 259 g/mol. The minimum Gasteiger partial charge on any atom is -0.394 e. The van der Waals surface area contributed by atoms with Gasteiger partial charge in [-0.3, -0.25) is 4.57 Å². The van der Waals surface area contributed by atoms with E-state index in [2.05, 4.69) is 4.98 Å². The van der Waals surface area contributed by atoms with Gasteiger partial charge in [-0.25, -0.2) is 9.18 Å². The van der Waals surface area contributed by atoms with Crippen molar-refractivity contribution in [3.8, 4) is 0 Å². The van der Waals surface area contributed by atoms with E-state index in [1.165, 1.54) is 12.3 Å². The number of halogens is 1. The Hall–Kier alpha value is -1.51. The number of anilines is 1. The van der Waals surface area contributed by atoms with Crippen molar-refractivity contribution in [3.05, 3.63) is 22.7 Å². The summed E-state index contributed by atoms with van der Waals surface area (Å²) in [4.78, 5) is 15.1. The van der Waals surface area contributed by atoms with Crippen LogP contribution in [0.15, 0.2) is 17.1 Å². The van der Waals surface area contributed by atoms with Crippen LogP contribution >= 0.6 is 0 Å². The summed E-state index contributed by atoms with van der Waals surface area (Å²) in [5, 5.41) is 18.6. The van der Waals surface area contributed by atoms with E-state index >= 15 is 0 Å². The lowest BCUT2D eigenvalue weighted by atomic mass is 9.98. The Bertz CT molecular complexity index is 504. The first-order valence-corrected chi connectivity index (χ1v) is 5.36. The van der Waals surface area contributed by atoms with E-state index in [1.54, 1.807) is 0 Å². The lowest BCUT2D eigenvalue weighted by molar-refractivity contribution is -0.0610. The third kappa shape index (κ3) is 1.88. The molecule has 1 fully saturated rings. The molecule has 7 nitrogen and oxygen atoms in total. The highest BCUT2D eigenvalue weighted by molar-refractivity contribution is 5.23. The summed E-state index contributed by atoms with van der Waals surface area (Å²) in [7, 11) is 0. The van der Waals surface area contributed by atoms with Crippen LogP contribution in [0, 0.1) is 0 Å². The largest absolute Gasteiger partial charge is 0.394 e. The Morgan fingerprint density at radius 1 is 1.72 bits per heavy atom. The maximum absolute atomic E-state index is 14.4. The van der Waals surface area contributed by atoms with E-state index in [9.17, 15) is 14.3 Å². The van der Waals surface area contributed by atoms with Crippen LogP contribution < -0.4 is 11.4 Å². The molecule has 1 aromatic rings. The molecule has 18 heavy (non-hydrogen) atoms. The third-order valence-corrected chi connectivity index (χ3v) is 3.00. The molecule has 1 aliphatic rings. The van der Waals surface area contributed by atoms with Gasteiger partial charge in [-0.15, -0.1) is 0 Å². The predicted octanol–water partition coefficient (Wildman–Crippen LogP) is -1.20. The van der Waals surface area contributed by atoms with Crippen LogP contribution in [0.25, 0.3) is 0 Å². The topological polar surface area (TPSA) is 111 Å². The predicted molar refractivity (Wildman–Crippen MR) is 59.4 cm³/mol. The van der Waals surface area contributed by atoms with Crippen molar-refractivity contribution in [1.29, 1.82) is 0 Å². The molecule has 4 atom stereocenters. The molecule has 1 aromatic heterocycles. The zero-order valence-corrected chi connectivity index (χ0v) is 9.65. The summed E-state index contributed by atoms with van der Waals surface area (Å²) in [5.41, 5.74) is 2.33. The van der Waals surface area contributed by atoms with Crippen molar-refractivity contribution in [1.82, 2.24) is 9.55 Å². The maximum Gasteiger partial charge on any atom is 0.351 e. The normalized spacial score (nSPS) is 35.9. The van der Waals surface area contributed by atoms with Crippen molar-refractivity contribution in [2.45, 2.75) is 31.0 Å². The lowest BCUT2D eigenvalue weighted by Gasteiger charge is -2.24. The smallest absolute Gasteiger partial charge is 0.351 e. The number of hydrogen-bond donors (Lipinski definition) is 3. The zero-order chi connectivity index (χ0) is 13.5. The van der Waals surface area contributed by atoms with Crippen LogP contribution in [0.3, 0.4) is 0 Å². The number of aliphatic hydroxyl groups is 2. The maximum atomic E-state index is 14.4. The Balaban J connectivity index is 2.42. The Morgan fingerprint density at radius 2 is 2.39 bits per heavy atom. The van der Waals surface area contributed by atoms with Gasteiger partial charge in [0, 0.05) is 6.20 Å². The molecule has 0 amide bonds. The summed E-state index contributed by atoms with van der Waals surface area (Å²) in [6.45, 7) is 0.551. The highest BCUT2D eigenvalue weighted by Crippen LogP contribution is 2.40. The number of nitrogens with two attached hydrogens (primary N) is 1. The van der Waals surface area contributed by atoms with Crippen LogP contribution in [0.5, 0.6) is 0 Å². The third-order valence-electron chi connectivity index (χ3n) is 3.00. The molecule has 0 saturated carbocycles. The summed E-state index contributed by atoms with van der Waals surface area (Å²) >= 11 is 0. The molecule has 2 heterocycles. The Kier molecular flexibility index (Phi) is 3.09. The second kappa shape index (κ2) is 4.30. The number of aliphatic hydroxyl groups excluding tert-OH is 2. The first-order valence-electron chi connectivity index (χ1n) is 5.36. The van der Waals surface area contributed by atoms with E-state index in [0.717, 1.165) is 11.5 Å². The molecule has 100 valence electrons. The van der Waals surface area contributed by atoms with Gasteiger partial charge in [0.25, 0.3) is 0 Å². The molecule has 0 aliphatic carbocycles. The molecule has 4 N–H and O–H groups in total. The van der Waals surface area contributed by atoms with Gasteiger partial charge < -0.3 is 20.7 Å². The second-order valence-electron chi connectivity index (χ2n) is 4.35. The van der Waals surface area contributed by atoms with Crippen molar-refractivity contribution >= 4 is 5.82 Å². The lowest BCUT2D eigenvalue weighted by Crippen LogP contribution is -2.42. The average Bonchev–Trinajstić information content (AvgIpc) is 2.52. The Labute approximate surface area is 102 Å². The average molecular weight is 259 g/mol. The van der Waals surface area contributed by atoms with Gasteiger partial charge in [-0.05, 0) is 13.0 Å². The SMILES string of the molecule is C[C@]1(F)[C@H](O)[C@H](CO)O[C@H]1n1ccc(N)nc1=O. The number of nitrogen functional groups attached to an aromatic ring is 1. The molecule has 0 spiro atoms. The van der Waals surface area contributed by atoms with Crippen molar-refractivity contribution in [2.24, 2.45) is 0 Å². The molecular weight excluding hydrogens is 245 g/mol. The fraction of sp³-hybridized carbons (Fsp3) is 0.600. The van der Waals surface area contributed by atoms with E-state index in [0.29, 0.717) is 0 Å². The minimum atomic E-state index is -2.21. The highest BCUT2D eigenvalue weighted by atomic mass is 19.1. The van der Waals surface area contributed by atoms with Crippen molar-refractivity contribution < 1.29 is 19.3 Å². The van der Waals surface area contributed by atoms with E-state index in [-0.39, 0.29) is 5.82 Å². The van der Waals surface area contributed by atoms with Gasteiger partial charge in [-0.2, -0.15) is 4.98 Å². The van der Waals surface area contributed by atoms with E-state index in [1.807, 2.05) is 0 Å². The van der Waals surface area contributed by atoms with Crippen molar-refractivity contribution in [2.75, 3.05) is 12.3 Å². The number of nitrogens with zero attached hydrogens (tertiary/aromatic N) is 2. The summed E-state index contributed by atoms with van der Waals surface area (Å²) in [5.74, 6) is 0.00839. The quantitative estimate of drug-likeness (QED) is 0.615. The fourth-order valence-electron chi connectivity index (χ4n) is 1.97. The molecule has 0 radical (unpaired) electrons. The molecule has 2 rings (SSSR count). The van der Waals surface area contributed by atoms with Crippen LogP contribution in [-0.4, -0.2) is 44.2 Å². The number of rotatable bonds is 2. The van der Waals surface area contributed by atoms with Crippen LogP contribution in [0.1, 0.15) is 13.2 Å².